The molecule has 0 bridgehead atoms. The van der Waals surface area contributed by atoms with Crippen LogP contribution in [0, 0.1) is 0 Å². The molecule has 5 rings (SSSR count). The standard InChI is InChI=1S/C24H13Cl3N2O3/c25-14-3-1-2-13(10-14)24-29-19-12-16(5-7-21(19)32-24)28-23(30)22-9-8-20(31-22)17-11-15(26)4-6-18(17)27/h1-12H,(H,28,30). The van der Waals surface area contributed by atoms with Crippen molar-refractivity contribution >= 4 is 57.5 Å². The van der Waals surface area contributed by atoms with E-state index in [-0.39, 0.29) is 5.76 Å². The molecule has 0 saturated carbocycles. The van der Waals surface area contributed by atoms with Crippen LogP contribution in [-0.2, 0) is 0 Å². The molecule has 0 atom stereocenters. The maximum Gasteiger partial charge on any atom is 0.291 e. The molecule has 8 heteroatoms. The van der Waals surface area contributed by atoms with E-state index in [9.17, 15) is 4.79 Å². The first-order valence-electron chi connectivity index (χ1n) is 9.49. The van der Waals surface area contributed by atoms with E-state index in [2.05, 4.69) is 10.3 Å². The zero-order valence-electron chi connectivity index (χ0n) is 16.2. The molecule has 32 heavy (non-hydrogen) atoms. The Labute approximate surface area is 197 Å². The summed E-state index contributed by atoms with van der Waals surface area (Å²) in [6, 6.07) is 20.7. The lowest BCUT2D eigenvalue weighted by Gasteiger charge is -2.03. The molecule has 0 aliphatic rings. The third kappa shape index (κ3) is 4.10. The number of nitrogens with one attached hydrogen (secondary N) is 1. The quantitative estimate of drug-likeness (QED) is 0.281. The van der Waals surface area contributed by atoms with Crippen molar-refractivity contribution in [3.63, 3.8) is 0 Å². The number of anilines is 1. The average molecular weight is 484 g/mol. The monoisotopic (exact) mass is 482 g/mol. The van der Waals surface area contributed by atoms with Gasteiger partial charge < -0.3 is 14.2 Å². The molecule has 5 nitrogen and oxygen atoms in total. The van der Waals surface area contributed by atoms with Gasteiger partial charge in [-0.3, -0.25) is 4.79 Å². The normalized spacial score (nSPS) is 11.1. The number of halogens is 3. The highest BCUT2D eigenvalue weighted by molar-refractivity contribution is 6.35. The second-order valence-electron chi connectivity index (χ2n) is 6.95. The minimum atomic E-state index is -0.410. The molecule has 0 unspecified atom stereocenters. The molecule has 0 spiro atoms. The molecule has 0 aliphatic heterocycles. The van der Waals surface area contributed by atoms with Crippen molar-refractivity contribution in [1.82, 2.24) is 4.98 Å². The van der Waals surface area contributed by atoms with Crippen LogP contribution in [0.15, 0.2) is 81.6 Å². The van der Waals surface area contributed by atoms with Crippen molar-refractivity contribution in [3.8, 4) is 22.8 Å². The Kier molecular flexibility index (Phi) is 5.39. The van der Waals surface area contributed by atoms with Crippen LogP contribution in [0.2, 0.25) is 15.1 Å². The van der Waals surface area contributed by atoms with E-state index in [1.165, 1.54) is 0 Å². The van der Waals surface area contributed by atoms with Gasteiger partial charge in [0.1, 0.15) is 11.3 Å². The predicted molar refractivity (Wildman–Crippen MR) is 127 cm³/mol. The molecule has 0 fully saturated rings. The van der Waals surface area contributed by atoms with Crippen LogP contribution >= 0.6 is 34.8 Å². The topological polar surface area (TPSA) is 68.3 Å². The Bertz CT molecular complexity index is 1470. The molecular formula is C24H13Cl3N2O3. The molecule has 0 saturated heterocycles. The number of carbonyl (C=O) groups is 1. The number of fused-ring (bicyclic) bond motifs is 1. The Morgan fingerprint density at radius 3 is 2.53 bits per heavy atom. The molecule has 2 heterocycles. The second-order valence-corrected chi connectivity index (χ2v) is 8.23. The van der Waals surface area contributed by atoms with Crippen LogP contribution in [0.4, 0.5) is 5.69 Å². The van der Waals surface area contributed by atoms with Crippen molar-refractivity contribution in [3.05, 3.63) is 93.6 Å². The average Bonchev–Trinajstić information content (AvgIpc) is 3.42. The van der Waals surface area contributed by atoms with Gasteiger partial charge in [-0.05, 0) is 66.7 Å². The summed E-state index contributed by atoms with van der Waals surface area (Å²) in [5.41, 5.74) is 3.11. The number of furan rings is 1. The van der Waals surface area contributed by atoms with Crippen molar-refractivity contribution in [2.24, 2.45) is 0 Å². The highest BCUT2D eigenvalue weighted by Gasteiger charge is 2.16. The fourth-order valence-electron chi connectivity index (χ4n) is 3.23. The number of oxazole rings is 1. The number of amides is 1. The lowest BCUT2D eigenvalue weighted by atomic mass is 10.2. The number of rotatable bonds is 4. The fourth-order valence-corrected chi connectivity index (χ4v) is 3.81. The Morgan fingerprint density at radius 2 is 1.69 bits per heavy atom. The zero-order valence-corrected chi connectivity index (χ0v) is 18.5. The number of hydrogen-bond acceptors (Lipinski definition) is 4. The van der Waals surface area contributed by atoms with Crippen LogP contribution in [0.25, 0.3) is 33.9 Å². The van der Waals surface area contributed by atoms with Gasteiger partial charge >= 0.3 is 0 Å². The zero-order chi connectivity index (χ0) is 22.2. The van der Waals surface area contributed by atoms with E-state index in [0.29, 0.717) is 49.1 Å². The summed E-state index contributed by atoms with van der Waals surface area (Å²) in [5, 5.41) is 4.39. The molecule has 3 aromatic carbocycles. The number of hydrogen-bond donors (Lipinski definition) is 1. The summed E-state index contributed by atoms with van der Waals surface area (Å²) in [6.07, 6.45) is 0. The molecule has 1 amide bonds. The summed E-state index contributed by atoms with van der Waals surface area (Å²) < 4.78 is 11.5. The first kappa shape index (κ1) is 20.6. The maximum atomic E-state index is 12.7. The van der Waals surface area contributed by atoms with Crippen LogP contribution in [0.3, 0.4) is 0 Å². The lowest BCUT2D eigenvalue weighted by Crippen LogP contribution is -2.10. The summed E-state index contributed by atoms with van der Waals surface area (Å²) in [6.45, 7) is 0. The predicted octanol–water partition coefficient (Wildman–Crippen LogP) is 7.97. The second kappa shape index (κ2) is 8.36. The van der Waals surface area contributed by atoms with Crippen LogP contribution in [0.1, 0.15) is 10.6 Å². The molecule has 0 aliphatic carbocycles. The van der Waals surface area contributed by atoms with Gasteiger partial charge in [-0.2, -0.15) is 0 Å². The van der Waals surface area contributed by atoms with Gasteiger partial charge in [0.05, 0.1) is 5.02 Å². The first-order valence-corrected chi connectivity index (χ1v) is 10.6. The fraction of sp³-hybridized carbons (Fsp3) is 0. The number of aromatic nitrogens is 1. The Morgan fingerprint density at radius 1 is 0.844 bits per heavy atom. The van der Waals surface area contributed by atoms with E-state index >= 15 is 0 Å². The van der Waals surface area contributed by atoms with E-state index in [0.717, 1.165) is 5.56 Å². The maximum absolute atomic E-state index is 12.7. The van der Waals surface area contributed by atoms with E-state index in [1.807, 2.05) is 12.1 Å². The number of benzene rings is 3. The highest BCUT2D eigenvalue weighted by atomic mass is 35.5. The van der Waals surface area contributed by atoms with Gasteiger partial charge in [0, 0.05) is 26.9 Å². The Hall–Kier alpha value is -3.25. The van der Waals surface area contributed by atoms with Crippen LogP contribution in [-0.4, -0.2) is 10.9 Å². The van der Waals surface area contributed by atoms with Crippen molar-refractivity contribution < 1.29 is 13.6 Å². The highest BCUT2D eigenvalue weighted by Crippen LogP contribution is 2.32. The summed E-state index contributed by atoms with van der Waals surface area (Å²) in [5.74, 6) is 0.615. The van der Waals surface area contributed by atoms with Crippen molar-refractivity contribution in [2.45, 2.75) is 0 Å². The minimum absolute atomic E-state index is 0.135. The third-order valence-electron chi connectivity index (χ3n) is 4.74. The number of nitrogens with zero attached hydrogens (tertiary/aromatic N) is 1. The number of carbonyl (C=O) groups excluding carboxylic acids is 1. The third-order valence-corrected chi connectivity index (χ3v) is 5.54. The van der Waals surface area contributed by atoms with Gasteiger partial charge in [0.25, 0.3) is 5.91 Å². The Balaban J connectivity index is 1.38. The largest absolute Gasteiger partial charge is 0.451 e. The van der Waals surface area contributed by atoms with Gasteiger partial charge in [-0.25, -0.2) is 4.98 Å². The molecular weight excluding hydrogens is 471 g/mol. The van der Waals surface area contributed by atoms with Crippen molar-refractivity contribution in [1.29, 1.82) is 0 Å². The van der Waals surface area contributed by atoms with Gasteiger partial charge in [0.15, 0.2) is 11.3 Å². The first-order chi connectivity index (χ1) is 15.5. The molecule has 2 aromatic heterocycles. The van der Waals surface area contributed by atoms with E-state index < -0.39 is 5.91 Å². The van der Waals surface area contributed by atoms with E-state index in [4.69, 9.17) is 43.6 Å². The smallest absolute Gasteiger partial charge is 0.291 e. The molecule has 0 radical (unpaired) electrons. The SMILES string of the molecule is O=C(Nc1ccc2oc(-c3cccc(Cl)c3)nc2c1)c1ccc(-c2cc(Cl)ccc2Cl)o1. The summed E-state index contributed by atoms with van der Waals surface area (Å²) >= 11 is 18.3. The summed E-state index contributed by atoms with van der Waals surface area (Å²) in [7, 11) is 0. The minimum Gasteiger partial charge on any atom is -0.451 e. The molecule has 1 N–H and O–H groups in total. The lowest BCUT2D eigenvalue weighted by molar-refractivity contribution is 0.0997. The molecule has 5 aromatic rings. The van der Waals surface area contributed by atoms with E-state index in [1.54, 1.807) is 60.7 Å². The van der Waals surface area contributed by atoms with Crippen LogP contribution < -0.4 is 5.32 Å². The van der Waals surface area contributed by atoms with Gasteiger partial charge in [-0.15, -0.1) is 0 Å². The van der Waals surface area contributed by atoms with Crippen molar-refractivity contribution in [2.75, 3.05) is 5.32 Å². The van der Waals surface area contributed by atoms with Gasteiger partial charge in [-0.1, -0.05) is 40.9 Å². The van der Waals surface area contributed by atoms with Gasteiger partial charge in [0.2, 0.25) is 5.89 Å². The van der Waals surface area contributed by atoms with Crippen LogP contribution in [0.5, 0.6) is 0 Å². The summed E-state index contributed by atoms with van der Waals surface area (Å²) in [4.78, 5) is 17.2. The molecule has 158 valence electrons.